The van der Waals surface area contributed by atoms with Gasteiger partial charge in [0.1, 0.15) is 11.7 Å². The topological polar surface area (TPSA) is 139 Å². The van der Waals surface area contributed by atoms with E-state index >= 15 is 0 Å². The molecule has 1 aliphatic heterocycles. The van der Waals surface area contributed by atoms with Crippen molar-refractivity contribution in [3.63, 3.8) is 0 Å². The van der Waals surface area contributed by atoms with Crippen LogP contribution in [0, 0.1) is 0 Å². The van der Waals surface area contributed by atoms with Gasteiger partial charge in [0, 0.05) is 0 Å². The smallest absolute Gasteiger partial charge is 0.280 e. The third kappa shape index (κ3) is 1.91. The first-order valence-electron chi connectivity index (χ1n) is 6.76. The predicted molar refractivity (Wildman–Crippen MR) is 73.7 cm³/mol. The highest BCUT2D eigenvalue weighted by atomic mass is 19.1. The van der Waals surface area contributed by atoms with Crippen molar-refractivity contribution >= 4 is 17.1 Å². The van der Waals surface area contributed by atoms with Gasteiger partial charge in [-0.25, -0.2) is 9.37 Å². The molecule has 0 unspecified atom stereocenters. The lowest BCUT2D eigenvalue weighted by atomic mass is 9.94. The molecule has 0 aliphatic carbocycles. The molecule has 10 heteroatoms. The van der Waals surface area contributed by atoms with Gasteiger partial charge in [0.25, 0.3) is 5.56 Å². The quantitative estimate of drug-likeness (QED) is 0.574. The number of alkyl halides is 1. The molecule has 3 rings (SSSR count). The van der Waals surface area contributed by atoms with E-state index in [9.17, 15) is 19.4 Å². The van der Waals surface area contributed by atoms with E-state index in [1.165, 1.54) is 10.9 Å². The Balaban J connectivity index is 2.11. The van der Waals surface area contributed by atoms with Gasteiger partial charge >= 0.3 is 0 Å². The molecule has 22 heavy (non-hydrogen) atoms. The number of aromatic amines is 1. The Bertz CT molecular complexity index is 756. The molecule has 3 heterocycles. The molecule has 120 valence electrons. The summed E-state index contributed by atoms with van der Waals surface area (Å²) in [5.74, 6) is -0.142. The van der Waals surface area contributed by atoms with Gasteiger partial charge in [-0.15, -0.1) is 0 Å². The molecule has 5 N–H and O–H groups in total. The fraction of sp³-hybridized carbons (Fsp3) is 0.583. The van der Waals surface area contributed by atoms with Gasteiger partial charge in [0.05, 0.1) is 12.9 Å². The van der Waals surface area contributed by atoms with Crippen molar-refractivity contribution in [3.8, 4) is 0 Å². The monoisotopic (exact) mass is 313 g/mol. The van der Waals surface area contributed by atoms with Crippen LogP contribution in [0.1, 0.15) is 19.6 Å². The molecule has 0 aromatic carbocycles. The number of hydrogen-bond donors (Lipinski definition) is 4. The Morgan fingerprint density at radius 1 is 1.64 bits per heavy atom. The fourth-order valence-corrected chi connectivity index (χ4v) is 2.70. The molecule has 0 radical (unpaired) electrons. The van der Waals surface area contributed by atoms with Crippen molar-refractivity contribution in [2.45, 2.75) is 37.4 Å². The number of aliphatic hydroxyl groups excluding tert-OH is 2. The number of imidazole rings is 1. The summed E-state index contributed by atoms with van der Waals surface area (Å²) in [7, 11) is 0. The minimum Gasteiger partial charge on any atom is -0.393 e. The van der Waals surface area contributed by atoms with Crippen LogP contribution in [0.15, 0.2) is 11.1 Å². The van der Waals surface area contributed by atoms with Gasteiger partial charge in [-0.3, -0.25) is 14.3 Å². The Morgan fingerprint density at radius 2 is 2.36 bits per heavy atom. The normalized spacial score (nSPS) is 31.9. The van der Waals surface area contributed by atoms with Crippen molar-refractivity contribution in [1.29, 1.82) is 0 Å². The van der Waals surface area contributed by atoms with E-state index in [1.807, 2.05) is 0 Å². The number of nitrogens with one attached hydrogen (secondary N) is 1. The van der Waals surface area contributed by atoms with Crippen LogP contribution in [-0.2, 0) is 4.74 Å². The molecule has 0 spiro atoms. The number of nitrogens with zero attached hydrogens (tertiary/aromatic N) is 3. The summed E-state index contributed by atoms with van der Waals surface area (Å²) >= 11 is 0. The standard InChI is InChI=1S/C12H16FN5O4/c1-2-12(3-19)7(20)5(13)10(22-12)18-4-15-6-8(18)16-11(14)17-9(6)21/h4-5,7,10,19-20H,2-3H2,1H3,(H3,14,16,17,21)/t5-,7+,10-,12-/m1/s1. The van der Waals surface area contributed by atoms with Crippen LogP contribution in [-0.4, -0.2) is 54.2 Å². The zero-order chi connectivity index (χ0) is 16.1. The number of H-pyrrole nitrogens is 1. The third-order valence-corrected chi connectivity index (χ3v) is 4.06. The van der Waals surface area contributed by atoms with Crippen LogP contribution >= 0.6 is 0 Å². The number of nitrogen functional groups attached to an aromatic ring is 1. The fourth-order valence-electron chi connectivity index (χ4n) is 2.70. The number of aliphatic hydroxyl groups is 2. The lowest BCUT2D eigenvalue weighted by molar-refractivity contribution is -0.128. The highest BCUT2D eigenvalue weighted by molar-refractivity contribution is 5.70. The molecule has 1 saturated heterocycles. The van der Waals surface area contributed by atoms with Crippen LogP contribution in [0.2, 0.25) is 0 Å². The van der Waals surface area contributed by atoms with Gasteiger partial charge in [0.2, 0.25) is 5.95 Å². The lowest BCUT2D eigenvalue weighted by Crippen LogP contribution is -2.44. The van der Waals surface area contributed by atoms with Crippen molar-refractivity contribution in [1.82, 2.24) is 19.5 Å². The summed E-state index contributed by atoms with van der Waals surface area (Å²) in [5, 5.41) is 19.5. The minimum absolute atomic E-state index is 0.0162. The number of nitrogens with two attached hydrogens (primary N) is 1. The third-order valence-electron chi connectivity index (χ3n) is 4.06. The molecule has 0 bridgehead atoms. The van der Waals surface area contributed by atoms with Crippen LogP contribution in [0.3, 0.4) is 0 Å². The van der Waals surface area contributed by atoms with Crippen molar-refractivity contribution in [2.75, 3.05) is 12.3 Å². The average molecular weight is 313 g/mol. The number of halogens is 1. The second-order valence-electron chi connectivity index (χ2n) is 5.25. The van der Waals surface area contributed by atoms with Crippen LogP contribution in [0.5, 0.6) is 0 Å². The molecular formula is C12H16FN5O4. The Labute approximate surface area is 123 Å². The first kappa shape index (κ1) is 14.9. The highest BCUT2D eigenvalue weighted by Gasteiger charge is 2.55. The number of ether oxygens (including phenoxy) is 1. The Hall–Kier alpha value is -2.04. The highest BCUT2D eigenvalue weighted by Crippen LogP contribution is 2.41. The largest absolute Gasteiger partial charge is 0.393 e. The summed E-state index contributed by atoms with van der Waals surface area (Å²) in [4.78, 5) is 21.8. The number of hydrogen-bond acceptors (Lipinski definition) is 7. The van der Waals surface area contributed by atoms with E-state index in [2.05, 4.69) is 15.0 Å². The van der Waals surface area contributed by atoms with Gasteiger partial charge in [-0.1, -0.05) is 6.92 Å². The molecule has 0 saturated carbocycles. The van der Waals surface area contributed by atoms with E-state index in [0.717, 1.165) is 0 Å². The second-order valence-corrected chi connectivity index (χ2v) is 5.25. The molecule has 9 nitrogen and oxygen atoms in total. The molecule has 1 fully saturated rings. The van der Waals surface area contributed by atoms with E-state index in [0.29, 0.717) is 0 Å². The predicted octanol–water partition coefficient (Wildman–Crippen LogP) is -0.929. The van der Waals surface area contributed by atoms with E-state index in [-0.39, 0.29) is 23.5 Å². The van der Waals surface area contributed by atoms with Gasteiger partial charge in [-0.05, 0) is 6.42 Å². The summed E-state index contributed by atoms with van der Waals surface area (Å²) in [6, 6.07) is 0. The zero-order valence-corrected chi connectivity index (χ0v) is 11.7. The van der Waals surface area contributed by atoms with E-state index in [1.54, 1.807) is 6.92 Å². The van der Waals surface area contributed by atoms with Crippen LogP contribution in [0.4, 0.5) is 10.3 Å². The Kier molecular flexibility index (Phi) is 3.38. The van der Waals surface area contributed by atoms with Crippen molar-refractivity contribution < 1.29 is 19.3 Å². The van der Waals surface area contributed by atoms with Gasteiger partial charge in [0.15, 0.2) is 23.6 Å². The first-order valence-corrected chi connectivity index (χ1v) is 6.76. The number of rotatable bonds is 3. The molecule has 0 amide bonds. The molecule has 2 aromatic heterocycles. The van der Waals surface area contributed by atoms with Crippen LogP contribution in [0.25, 0.3) is 11.2 Å². The lowest BCUT2D eigenvalue weighted by Gasteiger charge is -2.28. The molecule has 4 atom stereocenters. The van der Waals surface area contributed by atoms with E-state index in [4.69, 9.17) is 10.5 Å². The minimum atomic E-state index is -1.81. The van der Waals surface area contributed by atoms with Crippen molar-refractivity contribution in [3.05, 3.63) is 16.7 Å². The average Bonchev–Trinajstić information content (AvgIpc) is 3.01. The number of aromatic nitrogens is 4. The van der Waals surface area contributed by atoms with Crippen LogP contribution < -0.4 is 11.3 Å². The second kappa shape index (κ2) is 5.00. The summed E-state index contributed by atoms with van der Waals surface area (Å²) in [5.41, 5.74) is 3.55. The first-order chi connectivity index (χ1) is 10.4. The maximum absolute atomic E-state index is 14.5. The summed E-state index contributed by atoms with van der Waals surface area (Å²) in [6.45, 7) is 1.13. The maximum atomic E-state index is 14.5. The Morgan fingerprint density at radius 3 is 2.95 bits per heavy atom. The molecular weight excluding hydrogens is 297 g/mol. The number of fused-ring (bicyclic) bond motifs is 1. The number of anilines is 1. The SMILES string of the molecule is CC[C@]1(CO)O[C@@H](n2cnc3c(=O)[nH]c(N)nc32)[C@H](F)[C@@H]1O. The summed E-state index contributed by atoms with van der Waals surface area (Å²) in [6.07, 6.45) is -3.18. The maximum Gasteiger partial charge on any atom is 0.280 e. The molecule has 2 aromatic rings. The van der Waals surface area contributed by atoms with Gasteiger partial charge < -0.3 is 20.7 Å². The van der Waals surface area contributed by atoms with E-state index < -0.39 is 36.3 Å². The molecule has 1 aliphatic rings. The zero-order valence-electron chi connectivity index (χ0n) is 11.7. The van der Waals surface area contributed by atoms with Gasteiger partial charge in [-0.2, -0.15) is 4.98 Å². The van der Waals surface area contributed by atoms with Crippen molar-refractivity contribution in [2.24, 2.45) is 0 Å². The summed E-state index contributed by atoms with van der Waals surface area (Å²) < 4.78 is 21.2.